The molecule has 0 aromatic heterocycles. The van der Waals surface area contributed by atoms with Crippen LogP contribution in [0.5, 0.6) is 0 Å². The number of rotatable bonds is 5. The van der Waals surface area contributed by atoms with Crippen LogP contribution in [0, 0.1) is 5.92 Å². The number of carboxylic acid groups (broad SMARTS) is 1. The SMILES string of the molecule is CC(C)CC1C(=O)NCCN1CCC(=O)O. The molecule has 1 aliphatic rings. The van der Waals surface area contributed by atoms with Crippen molar-refractivity contribution >= 4 is 11.9 Å². The highest BCUT2D eigenvalue weighted by Crippen LogP contribution is 2.14. The quantitative estimate of drug-likeness (QED) is 0.710. The zero-order valence-electron chi connectivity index (χ0n) is 9.90. The molecule has 0 aromatic carbocycles. The van der Waals surface area contributed by atoms with Crippen LogP contribution in [0.15, 0.2) is 0 Å². The van der Waals surface area contributed by atoms with E-state index in [1.54, 1.807) is 0 Å². The smallest absolute Gasteiger partial charge is 0.304 e. The first-order valence-corrected chi connectivity index (χ1v) is 5.74. The Labute approximate surface area is 95.8 Å². The van der Waals surface area contributed by atoms with Crippen molar-refractivity contribution in [2.45, 2.75) is 32.7 Å². The lowest BCUT2D eigenvalue weighted by Crippen LogP contribution is -2.55. The predicted octanol–water partition coefficient (Wildman–Crippen LogP) is 0.308. The van der Waals surface area contributed by atoms with Gasteiger partial charge in [0.25, 0.3) is 0 Å². The number of hydrogen-bond donors (Lipinski definition) is 2. The Hall–Kier alpha value is -1.10. The summed E-state index contributed by atoms with van der Waals surface area (Å²) in [4.78, 5) is 24.2. The number of piperazine rings is 1. The number of carbonyl (C=O) groups excluding carboxylic acids is 1. The molecule has 0 spiro atoms. The average molecular weight is 228 g/mol. The number of carboxylic acids is 1. The molecule has 1 amide bonds. The molecule has 0 bridgehead atoms. The van der Waals surface area contributed by atoms with E-state index in [1.807, 2.05) is 4.90 Å². The molecular weight excluding hydrogens is 208 g/mol. The van der Waals surface area contributed by atoms with Crippen molar-refractivity contribution in [3.05, 3.63) is 0 Å². The first-order chi connectivity index (χ1) is 7.50. The first kappa shape index (κ1) is 13.0. The molecule has 92 valence electrons. The van der Waals surface area contributed by atoms with Crippen LogP contribution in [0.3, 0.4) is 0 Å². The van der Waals surface area contributed by atoms with Gasteiger partial charge in [-0.05, 0) is 12.3 Å². The van der Waals surface area contributed by atoms with Gasteiger partial charge in [0.2, 0.25) is 5.91 Å². The predicted molar refractivity (Wildman–Crippen MR) is 60.1 cm³/mol. The highest BCUT2D eigenvalue weighted by Gasteiger charge is 2.29. The maximum absolute atomic E-state index is 11.7. The Balaban J connectivity index is 2.55. The van der Waals surface area contributed by atoms with Gasteiger partial charge in [0.15, 0.2) is 0 Å². The standard InChI is InChI=1S/C11H20N2O3/c1-8(2)7-9-11(16)12-4-6-13(9)5-3-10(14)15/h8-9H,3-7H2,1-2H3,(H,12,16)(H,14,15). The maximum Gasteiger partial charge on any atom is 0.304 e. The third kappa shape index (κ3) is 3.81. The summed E-state index contributed by atoms with van der Waals surface area (Å²) in [6.07, 6.45) is 0.882. The average Bonchev–Trinajstić information content (AvgIpc) is 2.18. The van der Waals surface area contributed by atoms with Gasteiger partial charge in [0.1, 0.15) is 0 Å². The monoisotopic (exact) mass is 228 g/mol. The van der Waals surface area contributed by atoms with Crippen LogP contribution < -0.4 is 5.32 Å². The van der Waals surface area contributed by atoms with Gasteiger partial charge in [0.05, 0.1) is 12.5 Å². The van der Waals surface area contributed by atoms with Crippen LogP contribution in [0.4, 0.5) is 0 Å². The molecule has 16 heavy (non-hydrogen) atoms. The highest BCUT2D eigenvalue weighted by molar-refractivity contribution is 5.82. The van der Waals surface area contributed by atoms with Gasteiger partial charge in [-0.1, -0.05) is 13.8 Å². The number of nitrogens with one attached hydrogen (secondary N) is 1. The molecular formula is C11H20N2O3. The van der Waals surface area contributed by atoms with Crippen LogP contribution in [0.25, 0.3) is 0 Å². The number of aliphatic carboxylic acids is 1. The molecule has 1 heterocycles. The topological polar surface area (TPSA) is 69.6 Å². The lowest BCUT2D eigenvalue weighted by Gasteiger charge is -2.35. The Morgan fingerprint density at radius 2 is 2.31 bits per heavy atom. The molecule has 1 atom stereocenters. The van der Waals surface area contributed by atoms with E-state index in [1.165, 1.54) is 0 Å². The highest BCUT2D eigenvalue weighted by atomic mass is 16.4. The second-order valence-corrected chi connectivity index (χ2v) is 4.62. The third-order valence-electron chi connectivity index (χ3n) is 2.75. The van der Waals surface area contributed by atoms with Gasteiger partial charge in [-0.3, -0.25) is 14.5 Å². The molecule has 2 N–H and O–H groups in total. The number of nitrogens with zero attached hydrogens (tertiary/aromatic N) is 1. The summed E-state index contributed by atoms with van der Waals surface area (Å²) in [6.45, 7) is 5.96. The normalized spacial score (nSPS) is 22.2. The molecule has 1 rings (SSSR count). The summed E-state index contributed by atoms with van der Waals surface area (Å²) in [5, 5.41) is 11.5. The second-order valence-electron chi connectivity index (χ2n) is 4.62. The largest absolute Gasteiger partial charge is 0.481 e. The summed E-state index contributed by atoms with van der Waals surface area (Å²) in [7, 11) is 0. The molecule has 5 nitrogen and oxygen atoms in total. The van der Waals surface area contributed by atoms with Crippen LogP contribution in [-0.2, 0) is 9.59 Å². The molecule has 1 fully saturated rings. The summed E-state index contributed by atoms with van der Waals surface area (Å²) in [5.41, 5.74) is 0. The minimum atomic E-state index is -0.811. The van der Waals surface area contributed by atoms with Crippen LogP contribution in [-0.4, -0.2) is 47.6 Å². The fourth-order valence-corrected chi connectivity index (χ4v) is 1.97. The van der Waals surface area contributed by atoms with E-state index < -0.39 is 5.97 Å². The van der Waals surface area contributed by atoms with E-state index in [2.05, 4.69) is 19.2 Å². The molecule has 1 aliphatic heterocycles. The fourth-order valence-electron chi connectivity index (χ4n) is 1.97. The fraction of sp³-hybridized carbons (Fsp3) is 0.818. The lowest BCUT2D eigenvalue weighted by atomic mass is 10.00. The first-order valence-electron chi connectivity index (χ1n) is 5.74. The molecule has 0 radical (unpaired) electrons. The van der Waals surface area contributed by atoms with E-state index in [0.717, 1.165) is 13.0 Å². The lowest BCUT2D eigenvalue weighted by molar-refractivity contribution is -0.139. The second kappa shape index (κ2) is 5.84. The van der Waals surface area contributed by atoms with Crippen LogP contribution >= 0.6 is 0 Å². The Morgan fingerprint density at radius 1 is 1.62 bits per heavy atom. The van der Waals surface area contributed by atoms with Crippen molar-refractivity contribution in [3.8, 4) is 0 Å². The zero-order valence-corrected chi connectivity index (χ0v) is 9.90. The van der Waals surface area contributed by atoms with Crippen molar-refractivity contribution in [1.29, 1.82) is 0 Å². The van der Waals surface area contributed by atoms with Crippen molar-refractivity contribution in [2.24, 2.45) is 5.92 Å². The molecule has 5 heteroatoms. The van der Waals surface area contributed by atoms with Gasteiger partial charge in [0, 0.05) is 19.6 Å². The van der Waals surface area contributed by atoms with E-state index in [0.29, 0.717) is 19.0 Å². The van der Waals surface area contributed by atoms with Gasteiger partial charge in [-0.25, -0.2) is 0 Å². The summed E-state index contributed by atoms with van der Waals surface area (Å²) in [5.74, 6) is -0.346. The van der Waals surface area contributed by atoms with Crippen LogP contribution in [0.2, 0.25) is 0 Å². The Kier molecular flexibility index (Phi) is 4.73. The molecule has 0 aromatic rings. The van der Waals surface area contributed by atoms with E-state index in [9.17, 15) is 9.59 Å². The third-order valence-corrected chi connectivity index (χ3v) is 2.75. The molecule has 1 saturated heterocycles. The minimum Gasteiger partial charge on any atom is -0.481 e. The maximum atomic E-state index is 11.7. The molecule has 1 unspecified atom stereocenters. The number of amides is 1. The zero-order chi connectivity index (χ0) is 12.1. The van der Waals surface area contributed by atoms with E-state index in [-0.39, 0.29) is 18.4 Å². The Morgan fingerprint density at radius 3 is 2.88 bits per heavy atom. The molecule has 0 aliphatic carbocycles. The van der Waals surface area contributed by atoms with Gasteiger partial charge in [-0.15, -0.1) is 0 Å². The van der Waals surface area contributed by atoms with Gasteiger partial charge < -0.3 is 10.4 Å². The van der Waals surface area contributed by atoms with E-state index >= 15 is 0 Å². The van der Waals surface area contributed by atoms with E-state index in [4.69, 9.17) is 5.11 Å². The molecule has 0 saturated carbocycles. The van der Waals surface area contributed by atoms with Crippen LogP contribution in [0.1, 0.15) is 26.7 Å². The summed E-state index contributed by atoms with van der Waals surface area (Å²) < 4.78 is 0. The Bertz CT molecular complexity index is 266. The summed E-state index contributed by atoms with van der Waals surface area (Å²) >= 11 is 0. The summed E-state index contributed by atoms with van der Waals surface area (Å²) in [6, 6.07) is -0.159. The number of carbonyl (C=O) groups is 2. The van der Waals surface area contributed by atoms with Crippen molar-refractivity contribution < 1.29 is 14.7 Å². The van der Waals surface area contributed by atoms with Crippen molar-refractivity contribution in [2.75, 3.05) is 19.6 Å². The van der Waals surface area contributed by atoms with Crippen molar-refractivity contribution in [1.82, 2.24) is 10.2 Å². The number of hydrogen-bond acceptors (Lipinski definition) is 3. The minimum absolute atomic E-state index is 0.0327. The van der Waals surface area contributed by atoms with Gasteiger partial charge in [-0.2, -0.15) is 0 Å². The van der Waals surface area contributed by atoms with Gasteiger partial charge >= 0.3 is 5.97 Å². The van der Waals surface area contributed by atoms with Crippen molar-refractivity contribution in [3.63, 3.8) is 0 Å².